The molecule has 7 heteroatoms. The summed E-state index contributed by atoms with van der Waals surface area (Å²) in [5.74, 6) is 2.47. The summed E-state index contributed by atoms with van der Waals surface area (Å²) < 4.78 is 10.8. The van der Waals surface area contributed by atoms with Gasteiger partial charge in [0.15, 0.2) is 5.96 Å². The van der Waals surface area contributed by atoms with Crippen LogP contribution in [0.1, 0.15) is 12.1 Å². The maximum Gasteiger partial charge on any atom is 0.190 e. The molecule has 0 aliphatic heterocycles. The Balaban J connectivity index is 0.00000338. The van der Waals surface area contributed by atoms with Crippen LogP contribution >= 0.6 is 24.0 Å². The number of halogens is 1. The number of nitrogens with one attached hydrogen (secondary N) is 2. The first-order valence-corrected chi connectivity index (χ1v) is 8.43. The fraction of sp³-hybridized carbons (Fsp3) is 0.368. The lowest BCUT2D eigenvalue weighted by Crippen LogP contribution is -2.39. The third kappa shape index (κ3) is 8.37. The minimum Gasteiger partial charge on any atom is -0.497 e. The predicted octanol–water partition coefficient (Wildman–Crippen LogP) is 2.88. The van der Waals surface area contributed by atoms with Crippen molar-refractivity contribution in [3.8, 4) is 11.5 Å². The van der Waals surface area contributed by atoms with Gasteiger partial charge in [-0.25, -0.2) is 0 Å². The maximum atomic E-state index is 5.70. The number of pyridine rings is 1. The first-order valence-electron chi connectivity index (χ1n) is 8.43. The van der Waals surface area contributed by atoms with E-state index in [1.807, 2.05) is 48.7 Å². The number of rotatable bonds is 9. The number of methoxy groups -OCH3 is 1. The molecule has 0 aliphatic rings. The van der Waals surface area contributed by atoms with Crippen molar-refractivity contribution >= 4 is 29.9 Å². The molecule has 0 saturated heterocycles. The number of aromatic nitrogens is 1. The summed E-state index contributed by atoms with van der Waals surface area (Å²) in [6.07, 6.45) is 3.56. The van der Waals surface area contributed by atoms with Gasteiger partial charge in [-0.15, -0.1) is 24.0 Å². The van der Waals surface area contributed by atoms with E-state index >= 15 is 0 Å². The Morgan fingerprint density at radius 2 is 1.77 bits per heavy atom. The summed E-state index contributed by atoms with van der Waals surface area (Å²) >= 11 is 0. The molecule has 2 rings (SSSR count). The van der Waals surface area contributed by atoms with Crippen LogP contribution in [0.5, 0.6) is 11.5 Å². The van der Waals surface area contributed by atoms with Crippen molar-refractivity contribution < 1.29 is 9.47 Å². The van der Waals surface area contributed by atoms with Crippen molar-refractivity contribution in [2.75, 3.05) is 33.9 Å². The van der Waals surface area contributed by atoms with Crippen LogP contribution in [0.2, 0.25) is 0 Å². The van der Waals surface area contributed by atoms with Crippen LogP contribution < -0.4 is 20.1 Å². The number of aliphatic imine (C=N–C) groups is 1. The molecule has 0 aliphatic carbocycles. The van der Waals surface area contributed by atoms with Gasteiger partial charge in [0.1, 0.15) is 11.5 Å². The molecule has 2 N–H and O–H groups in total. The Morgan fingerprint density at radius 1 is 1.04 bits per heavy atom. The van der Waals surface area contributed by atoms with Crippen molar-refractivity contribution in [2.24, 2.45) is 4.99 Å². The number of benzene rings is 1. The lowest BCUT2D eigenvalue weighted by molar-refractivity contribution is 0.310. The van der Waals surface area contributed by atoms with Gasteiger partial charge in [-0.1, -0.05) is 6.07 Å². The Morgan fingerprint density at radius 3 is 2.42 bits per heavy atom. The zero-order chi connectivity index (χ0) is 17.7. The van der Waals surface area contributed by atoms with E-state index in [0.717, 1.165) is 49.1 Å². The van der Waals surface area contributed by atoms with E-state index in [1.54, 1.807) is 14.2 Å². The summed E-state index contributed by atoms with van der Waals surface area (Å²) in [5, 5.41) is 6.56. The van der Waals surface area contributed by atoms with Crippen molar-refractivity contribution in [1.29, 1.82) is 0 Å². The summed E-state index contributed by atoms with van der Waals surface area (Å²) in [6, 6.07) is 13.5. The van der Waals surface area contributed by atoms with Gasteiger partial charge in [0.25, 0.3) is 0 Å². The van der Waals surface area contributed by atoms with Crippen LogP contribution in [0.3, 0.4) is 0 Å². The molecule has 1 aromatic carbocycles. The molecule has 0 amide bonds. The monoisotopic (exact) mass is 470 g/mol. The molecule has 6 nitrogen and oxygen atoms in total. The highest BCUT2D eigenvalue weighted by Gasteiger charge is 1.99. The molecule has 0 fully saturated rings. The van der Waals surface area contributed by atoms with E-state index in [1.165, 1.54) is 0 Å². The second kappa shape index (κ2) is 13.2. The molecular formula is C19H27IN4O2. The van der Waals surface area contributed by atoms with E-state index in [0.29, 0.717) is 6.61 Å². The molecular weight excluding hydrogens is 443 g/mol. The molecule has 1 aromatic heterocycles. The maximum absolute atomic E-state index is 5.70. The lowest BCUT2D eigenvalue weighted by Gasteiger charge is -2.12. The van der Waals surface area contributed by atoms with Gasteiger partial charge in [0.05, 0.1) is 13.7 Å². The van der Waals surface area contributed by atoms with Gasteiger partial charge in [0.2, 0.25) is 0 Å². The van der Waals surface area contributed by atoms with Crippen molar-refractivity contribution in [1.82, 2.24) is 15.6 Å². The molecule has 142 valence electrons. The largest absolute Gasteiger partial charge is 0.497 e. The molecule has 0 unspecified atom stereocenters. The Bertz CT molecular complexity index is 636. The third-order valence-corrected chi connectivity index (χ3v) is 3.57. The first kappa shape index (κ1) is 22.0. The van der Waals surface area contributed by atoms with Crippen molar-refractivity contribution in [2.45, 2.75) is 12.8 Å². The number of guanidine groups is 1. The normalized spacial score (nSPS) is 10.6. The fourth-order valence-corrected chi connectivity index (χ4v) is 2.22. The highest BCUT2D eigenvalue weighted by molar-refractivity contribution is 14.0. The van der Waals surface area contributed by atoms with Crippen LogP contribution in [0, 0.1) is 0 Å². The average molecular weight is 470 g/mol. The van der Waals surface area contributed by atoms with Crippen molar-refractivity contribution in [3.63, 3.8) is 0 Å². The van der Waals surface area contributed by atoms with Gasteiger partial charge in [0, 0.05) is 38.4 Å². The number of hydrogen-bond acceptors (Lipinski definition) is 4. The van der Waals surface area contributed by atoms with E-state index in [9.17, 15) is 0 Å². The quantitative estimate of drug-likeness (QED) is 0.256. The van der Waals surface area contributed by atoms with Crippen molar-refractivity contribution in [3.05, 3.63) is 54.4 Å². The minimum atomic E-state index is 0. The number of nitrogens with zero attached hydrogens (tertiary/aromatic N) is 2. The number of ether oxygens (including phenoxy) is 2. The molecule has 1 heterocycles. The van der Waals surface area contributed by atoms with E-state index in [-0.39, 0.29) is 24.0 Å². The van der Waals surface area contributed by atoms with Gasteiger partial charge in [-0.2, -0.15) is 0 Å². The van der Waals surface area contributed by atoms with Crippen LogP contribution in [0.15, 0.2) is 53.7 Å². The lowest BCUT2D eigenvalue weighted by atomic mass is 10.3. The third-order valence-electron chi connectivity index (χ3n) is 3.57. The van der Waals surface area contributed by atoms with E-state index in [2.05, 4.69) is 20.6 Å². The highest BCUT2D eigenvalue weighted by atomic mass is 127. The molecule has 26 heavy (non-hydrogen) atoms. The van der Waals surface area contributed by atoms with Crippen LogP contribution in [0.25, 0.3) is 0 Å². The summed E-state index contributed by atoms with van der Waals surface area (Å²) in [5.41, 5.74) is 1.07. The minimum absolute atomic E-state index is 0. The standard InChI is InChI=1S/C19H26N4O2.HI/c1-20-19(23-14-11-16-6-3-4-12-21-16)22-13-5-15-25-18-9-7-17(24-2)8-10-18;/h3-4,6-10,12H,5,11,13-15H2,1-2H3,(H2,20,22,23);1H. The predicted molar refractivity (Wildman–Crippen MR) is 116 cm³/mol. The van der Waals surface area contributed by atoms with E-state index < -0.39 is 0 Å². The van der Waals surface area contributed by atoms with E-state index in [4.69, 9.17) is 9.47 Å². The SMILES string of the molecule is CN=C(NCCCOc1ccc(OC)cc1)NCCc1ccccn1.I. The Kier molecular flexibility index (Phi) is 11.2. The molecule has 0 radical (unpaired) electrons. The molecule has 0 bridgehead atoms. The van der Waals surface area contributed by atoms with Crippen LogP contribution in [-0.4, -0.2) is 44.8 Å². The molecule has 2 aromatic rings. The Labute approximate surface area is 172 Å². The van der Waals surface area contributed by atoms with Crippen LogP contribution in [-0.2, 0) is 6.42 Å². The Hall–Kier alpha value is -2.03. The van der Waals surface area contributed by atoms with Gasteiger partial charge in [-0.3, -0.25) is 9.98 Å². The second-order valence-corrected chi connectivity index (χ2v) is 5.37. The average Bonchev–Trinajstić information content (AvgIpc) is 2.67. The second-order valence-electron chi connectivity index (χ2n) is 5.37. The molecule has 0 atom stereocenters. The fourth-order valence-electron chi connectivity index (χ4n) is 2.22. The zero-order valence-corrected chi connectivity index (χ0v) is 17.6. The number of hydrogen-bond donors (Lipinski definition) is 2. The summed E-state index contributed by atoms with van der Waals surface area (Å²) in [7, 11) is 3.42. The zero-order valence-electron chi connectivity index (χ0n) is 15.3. The topological polar surface area (TPSA) is 67.8 Å². The van der Waals surface area contributed by atoms with Gasteiger partial charge < -0.3 is 20.1 Å². The molecule has 0 saturated carbocycles. The smallest absolute Gasteiger partial charge is 0.190 e. The highest BCUT2D eigenvalue weighted by Crippen LogP contribution is 2.16. The van der Waals surface area contributed by atoms with Gasteiger partial charge >= 0.3 is 0 Å². The summed E-state index contributed by atoms with van der Waals surface area (Å²) in [6.45, 7) is 2.22. The van der Waals surface area contributed by atoms with Crippen LogP contribution in [0.4, 0.5) is 0 Å². The molecule has 0 spiro atoms. The first-order chi connectivity index (χ1) is 12.3. The van der Waals surface area contributed by atoms with Gasteiger partial charge in [-0.05, 0) is 42.8 Å². The summed E-state index contributed by atoms with van der Waals surface area (Å²) in [4.78, 5) is 8.52.